The lowest BCUT2D eigenvalue weighted by atomic mass is 10.2. The number of thiophene rings is 1. The van der Waals surface area contributed by atoms with Gasteiger partial charge in [-0.2, -0.15) is 5.26 Å². The molecule has 0 N–H and O–H groups in total. The van der Waals surface area contributed by atoms with E-state index in [0.29, 0.717) is 5.56 Å². The zero-order valence-electron chi connectivity index (χ0n) is 6.97. The number of nitrogens with zero attached hydrogens (tertiary/aromatic N) is 1. The standard InChI is InChI=1S/C10H6ClNS/c1-6-9(11)8-4-2-3-7(5-12)10(8)13-6/h2-4H,1H3. The molecule has 0 fully saturated rings. The number of rotatable bonds is 0. The van der Waals surface area contributed by atoms with E-state index in [1.54, 1.807) is 11.3 Å². The fourth-order valence-electron chi connectivity index (χ4n) is 1.30. The van der Waals surface area contributed by atoms with E-state index in [4.69, 9.17) is 16.9 Å². The molecule has 0 saturated carbocycles. The van der Waals surface area contributed by atoms with Gasteiger partial charge in [0.1, 0.15) is 6.07 Å². The zero-order chi connectivity index (χ0) is 9.42. The first kappa shape index (κ1) is 8.55. The van der Waals surface area contributed by atoms with Crippen molar-refractivity contribution in [3.63, 3.8) is 0 Å². The van der Waals surface area contributed by atoms with Gasteiger partial charge in [0.2, 0.25) is 0 Å². The van der Waals surface area contributed by atoms with Crippen LogP contribution in [0.1, 0.15) is 10.4 Å². The second kappa shape index (κ2) is 3.02. The molecule has 0 amide bonds. The molecule has 3 heteroatoms. The van der Waals surface area contributed by atoms with Gasteiger partial charge in [-0.05, 0) is 13.0 Å². The Morgan fingerprint density at radius 3 is 2.92 bits per heavy atom. The molecule has 2 aromatic rings. The molecule has 64 valence electrons. The maximum atomic E-state index is 8.85. The van der Waals surface area contributed by atoms with E-state index in [9.17, 15) is 0 Å². The zero-order valence-corrected chi connectivity index (χ0v) is 8.54. The molecule has 1 aromatic heterocycles. The van der Waals surface area contributed by atoms with Gasteiger partial charge in [-0.25, -0.2) is 0 Å². The first-order valence-electron chi connectivity index (χ1n) is 3.81. The van der Waals surface area contributed by atoms with Gasteiger partial charge in [-0.15, -0.1) is 11.3 Å². The van der Waals surface area contributed by atoms with Crippen LogP contribution in [-0.4, -0.2) is 0 Å². The van der Waals surface area contributed by atoms with Crippen molar-refractivity contribution in [1.29, 1.82) is 5.26 Å². The van der Waals surface area contributed by atoms with Crippen LogP contribution < -0.4 is 0 Å². The number of aryl methyl sites for hydroxylation is 1. The van der Waals surface area contributed by atoms with Gasteiger partial charge in [0, 0.05) is 10.3 Å². The van der Waals surface area contributed by atoms with E-state index < -0.39 is 0 Å². The predicted molar refractivity (Wildman–Crippen MR) is 56.3 cm³/mol. The Morgan fingerprint density at radius 1 is 1.46 bits per heavy atom. The van der Waals surface area contributed by atoms with Crippen LogP contribution in [0, 0.1) is 18.3 Å². The molecule has 0 bridgehead atoms. The van der Waals surface area contributed by atoms with Crippen molar-refractivity contribution >= 4 is 33.0 Å². The largest absolute Gasteiger partial charge is 0.192 e. The average molecular weight is 208 g/mol. The van der Waals surface area contributed by atoms with Crippen LogP contribution >= 0.6 is 22.9 Å². The summed E-state index contributed by atoms with van der Waals surface area (Å²) >= 11 is 7.65. The highest BCUT2D eigenvalue weighted by Crippen LogP contribution is 2.36. The third-order valence-electron chi connectivity index (χ3n) is 1.94. The molecule has 13 heavy (non-hydrogen) atoms. The Hall–Kier alpha value is -1.04. The Bertz CT molecular complexity index is 507. The Labute approximate surface area is 85.2 Å². The number of benzene rings is 1. The molecule has 2 rings (SSSR count). The predicted octanol–water partition coefficient (Wildman–Crippen LogP) is 3.73. The molecule has 0 aliphatic carbocycles. The highest BCUT2D eigenvalue weighted by Gasteiger charge is 2.08. The van der Waals surface area contributed by atoms with Crippen LogP contribution in [0.4, 0.5) is 0 Å². The molecule has 0 saturated heterocycles. The average Bonchev–Trinajstić information content (AvgIpc) is 2.43. The molecule has 0 aliphatic heterocycles. The maximum Gasteiger partial charge on any atom is 0.101 e. The minimum atomic E-state index is 0.706. The maximum absolute atomic E-state index is 8.85. The Morgan fingerprint density at radius 2 is 2.23 bits per heavy atom. The molecule has 0 spiro atoms. The number of nitriles is 1. The molecule has 1 aromatic carbocycles. The molecule has 0 atom stereocenters. The van der Waals surface area contributed by atoms with Gasteiger partial charge in [-0.3, -0.25) is 0 Å². The van der Waals surface area contributed by atoms with Crippen molar-refractivity contribution in [3.05, 3.63) is 33.7 Å². The van der Waals surface area contributed by atoms with Gasteiger partial charge in [-0.1, -0.05) is 23.7 Å². The first-order chi connectivity index (χ1) is 6.24. The highest BCUT2D eigenvalue weighted by atomic mass is 35.5. The lowest BCUT2D eigenvalue weighted by Gasteiger charge is -1.90. The minimum Gasteiger partial charge on any atom is -0.192 e. The van der Waals surface area contributed by atoms with E-state index in [1.165, 1.54) is 0 Å². The van der Waals surface area contributed by atoms with E-state index >= 15 is 0 Å². The van der Waals surface area contributed by atoms with Crippen molar-refractivity contribution in [2.75, 3.05) is 0 Å². The second-order valence-electron chi connectivity index (χ2n) is 2.77. The van der Waals surface area contributed by atoms with E-state index in [1.807, 2.05) is 25.1 Å². The van der Waals surface area contributed by atoms with Crippen molar-refractivity contribution in [1.82, 2.24) is 0 Å². The minimum absolute atomic E-state index is 0.706. The summed E-state index contributed by atoms with van der Waals surface area (Å²) in [6.45, 7) is 1.97. The van der Waals surface area contributed by atoms with Crippen molar-refractivity contribution in [2.45, 2.75) is 6.92 Å². The number of halogens is 1. The molecule has 1 heterocycles. The number of hydrogen-bond donors (Lipinski definition) is 0. The molecular weight excluding hydrogens is 202 g/mol. The SMILES string of the molecule is Cc1sc2c(C#N)cccc2c1Cl. The van der Waals surface area contributed by atoms with Crippen molar-refractivity contribution in [3.8, 4) is 6.07 Å². The van der Waals surface area contributed by atoms with E-state index in [2.05, 4.69) is 6.07 Å². The topological polar surface area (TPSA) is 23.8 Å². The summed E-state index contributed by atoms with van der Waals surface area (Å²) in [6.07, 6.45) is 0. The van der Waals surface area contributed by atoms with Gasteiger partial charge in [0.25, 0.3) is 0 Å². The lowest BCUT2D eigenvalue weighted by Crippen LogP contribution is -1.71. The first-order valence-corrected chi connectivity index (χ1v) is 5.01. The lowest BCUT2D eigenvalue weighted by molar-refractivity contribution is 1.51. The smallest absolute Gasteiger partial charge is 0.101 e. The number of hydrogen-bond acceptors (Lipinski definition) is 2. The number of fused-ring (bicyclic) bond motifs is 1. The van der Waals surface area contributed by atoms with Crippen LogP contribution in [0.15, 0.2) is 18.2 Å². The van der Waals surface area contributed by atoms with Gasteiger partial charge in [0.05, 0.1) is 15.3 Å². The monoisotopic (exact) mass is 207 g/mol. The third-order valence-corrected chi connectivity index (χ3v) is 3.69. The van der Waals surface area contributed by atoms with Gasteiger partial charge < -0.3 is 0 Å². The molecular formula is C10H6ClNS. The van der Waals surface area contributed by atoms with Gasteiger partial charge in [0.15, 0.2) is 0 Å². The fourth-order valence-corrected chi connectivity index (χ4v) is 2.63. The van der Waals surface area contributed by atoms with Gasteiger partial charge >= 0.3 is 0 Å². The molecule has 1 nitrogen and oxygen atoms in total. The molecule has 0 radical (unpaired) electrons. The summed E-state index contributed by atoms with van der Waals surface area (Å²) in [5.74, 6) is 0. The summed E-state index contributed by atoms with van der Waals surface area (Å²) in [5, 5.41) is 10.6. The summed E-state index contributed by atoms with van der Waals surface area (Å²) < 4.78 is 0.993. The summed E-state index contributed by atoms with van der Waals surface area (Å²) in [5.41, 5.74) is 0.706. The summed E-state index contributed by atoms with van der Waals surface area (Å²) in [6, 6.07) is 7.78. The van der Waals surface area contributed by atoms with E-state index in [-0.39, 0.29) is 0 Å². The van der Waals surface area contributed by atoms with Crippen molar-refractivity contribution < 1.29 is 0 Å². The van der Waals surface area contributed by atoms with Crippen LogP contribution in [-0.2, 0) is 0 Å². The molecule has 0 unspecified atom stereocenters. The van der Waals surface area contributed by atoms with Crippen LogP contribution in [0.25, 0.3) is 10.1 Å². The summed E-state index contributed by atoms with van der Waals surface area (Å²) in [7, 11) is 0. The quantitative estimate of drug-likeness (QED) is 0.646. The van der Waals surface area contributed by atoms with E-state index in [0.717, 1.165) is 20.0 Å². The normalized spacial score (nSPS) is 10.2. The third kappa shape index (κ3) is 1.21. The van der Waals surface area contributed by atoms with Crippen LogP contribution in [0.5, 0.6) is 0 Å². The van der Waals surface area contributed by atoms with Crippen LogP contribution in [0.2, 0.25) is 5.02 Å². The Kier molecular flexibility index (Phi) is 1.99. The Balaban J connectivity index is 2.95. The fraction of sp³-hybridized carbons (Fsp3) is 0.100. The molecule has 0 aliphatic rings. The second-order valence-corrected chi connectivity index (χ2v) is 4.37. The summed E-state index contributed by atoms with van der Waals surface area (Å²) in [4.78, 5) is 1.07. The van der Waals surface area contributed by atoms with Crippen molar-refractivity contribution in [2.24, 2.45) is 0 Å². The van der Waals surface area contributed by atoms with Crippen LogP contribution in [0.3, 0.4) is 0 Å². The highest BCUT2D eigenvalue weighted by molar-refractivity contribution is 7.20.